The van der Waals surface area contributed by atoms with Crippen molar-refractivity contribution in [3.8, 4) is 6.07 Å². The van der Waals surface area contributed by atoms with Crippen LogP contribution in [0.3, 0.4) is 0 Å². The Morgan fingerprint density at radius 2 is 1.67 bits per heavy atom. The zero-order chi connectivity index (χ0) is 21.7. The molecule has 1 fully saturated rings. The van der Waals surface area contributed by atoms with E-state index in [1.54, 1.807) is 18.2 Å². The Balaban J connectivity index is 1.60. The molecule has 0 atom stereocenters. The van der Waals surface area contributed by atoms with Gasteiger partial charge in [-0.15, -0.1) is 0 Å². The predicted octanol–water partition coefficient (Wildman–Crippen LogP) is 3.94. The Morgan fingerprint density at radius 3 is 2.27 bits per heavy atom. The average molecular weight is 405 g/mol. The molecule has 1 aliphatic rings. The fourth-order valence-electron chi connectivity index (χ4n) is 3.39. The highest BCUT2D eigenvalue weighted by Crippen LogP contribution is 2.23. The van der Waals surface area contributed by atoms with E-state index in [1.807, 2.05) is 51.1 Å². The molecule has 2 aromatic rings. The van der Waals surface area contributed by atoms with Crippen molar-refractivity contribution in [3.63, 3.8) is 0 Å². The maximum Gasteiger partial charge on any atom is 0.253 e. The van der Waals surface area contributed by atoms with Crippen molar-refractivity contribution in [1.82, 2.24) is 5.32 Å². The van der Waals surface area contributed by atoms with Gasteiger partial charge in [0, 0.05) is 30.2 Å². The van der Waals surface area contributed by atoms with E-state index >= 15 is 0 Å². The molecule has 2 N–H and O–H groups in total. The van der Waals surface area contributed by atoms with Gasteiger partial charge in [0.2, 0.25) is 5.91 Å². The second kappa shape index (κ2) is 9.00. The Morgan fingerprint density at radius 1 is 1.03 bits per heavy atom. The van der Waals surface area contributed by atoms with E-state index in [4.69, 9.17) is 5.26 Å². The molecular weight excluding hydrogens is 376 g/mol. The number of para-hydroxylation sites is 1. The van der Waals surface area contributed by atoms with Crippen LogP contribution >= 0.6 is 0 Å². The SMILES string of the molecule is CC(C)(C)C(=O)Nc1ccccc1C(=O)NC1CCN(c2ccc(C#N)cc2)CC1. The van der Waals surface area contributed by atoms with Gasteiger partial charge in [0.1, 0.15) is 0 Å². The topological polar surface area (TPSA) is 85.2 Å². The third-order valence-corrected chi connectivity index (χ3v) is 5.29. The molecule has 0 bridgehead atoms. The van der Waals surface area contributed by atoms with E-state index in [1.165, 1.54) is 0 Å². The Hall–Kier alpha value is -3.33. The van der Waals surface area contributed by atoms with Gasteiger partial charge in [0.25, 0.3) is 5.91 Å². The summed E-state index contributed by atoms with van der Waals surface area (Å²) < 4.78 is 0. The van der Waals surface area contributed by atoms with E-state index in [0.717, 1.165) is 31.6 Å². The van der Waals surface area contributed by atoms with Crippen molar-refractivity contribution < 1.29 is 9.59 Å². The maximum atomic E-state index is 12.9. The van der Waals surface area contributed by atoms with Crippen molar-refractivity contribution in [2.45, 2.75) is 39.7 Å². The molecule has 2 aromatic carbocycles. The molecule has 0 radical (unpaired) electrons. The molecule has 6 heteroatoms. The Bertz CT molecular complexity index is 946. The lowest BCUT2D eigenvalue weighted by Gasteiger charge is -2.34. The van der Waals surface area contributed by atoms with Gasteiger partial charge < -0.3 is 15.5 Å². The number of nitriles is 1. The molecule has 30 heavy (non-hydrogen) atoms. The van der Waals surface area contributed by atoms with Gasteiger partial charge in [-0.25, -0.2) is 0 Å². The molecule has 0 aliphatic carbocycles. The number of nitrogens with one attached hydrogen (secondary N) is 2. The summed E-state index contributed by atoms with van der Waals surface area (Å²) in [6.45, 7) is 7.19. The predicted molar refractivity (Wildman–Crippen MR) is 118 cm³/mol. The van der Waals surface area contributed by atoms with Crippen LogP contribution in [0.25, 0.3) is 0 Å². The smallest absolute Gasteiger partial charge is 0.253 e. The van der Waals surface area contributed by atoms with Crippen LogP contribution in [0.2, 0.25) is 0 Å². The summed E-state index contributed by atoms with van der Waals surface area (Å²) in [7, 11) is 0. The van der Waals surface area contributed by atoms with Crippen LogP contribution in [0.5, 0.6) is 0 Å². The van der Waals surface area contributed by atoms with Crippen LogP contribution in [0, 0.1) is 16.7 Å². The number of amides is 2. The summed E-state index contributed by atoms with van der Waals surface area (Å²) in [6.07, 6.45) is 1.67. The van der Waals surface area contributed by atoms with Crippen LogP contribution in [0.15, 0.2) is 48.5 Å². The molecule has 1 heterocycles. The molecule has 0 aromatic heterocycles. The van der Waals surface area contributed by atoms with Crippen LogP contribution in [0.1, 0.15) is 49.5 Å². The average Bonchev–Trinajstić information content (AvgIpc) is 2.74. The highest BCUT2D eigenvalue weighted by Gasteiger charge is 2.25. The zero-order valence-electron chi connectivity index (χ0n) is 17.7. The van der Waals surface area contributed by atoms with Crippen LogP contribution < -0.4 is 15.5 Å². The third kappa shape index (κ3) is 5.18. The largest absolute Gasteiger partial charge is 0.371 e. The lowest BCUT2D eigenvalue weighted by Crippen LogP contribution is -2.45. The fourth-order valence-corrected chi connectivity index (χ4v) is 3.39. The lowest BCUT2D eigenvalue weighted by atomic mass is 9.95. The van der Waals surface area contributed by atoms with Crippen LogP contribution in [0.4, 0.5) is 11.4 Å². The van der Waals surface area contributed by atoms with Gasteiger partial charge in [-0.05, 0) is 49.2 Å². The normalized spacial score (nSPS) is 14.7. The van der Waals surface area contributed by atoms with Gasteiger partial charge in [0.15, 0.2) is 0 Å². The summed E-state index contributed by atoms with van der Waals surface area (Å²) >= 11 is 0. The molecule has 0 saturated carbocycles. The van der Waals surface area contributed by atoms with Crippen molar-refractivity contribution in [2.75, 3.05) is 23.3 Å². The number of nitrogens with zero attached hydrogens (tertiary/aromatic N) is 2. The molecule has 1 aliphatic heterocycles. The highest BCUT2D eigenvalue weighted by atomic mass is 16.2. The number of piperidine rings is 1. The first-order valence-electron chi connectivity index (χ1n) is 10.2. The Kier molecular flexibility index (Phi) is 6.41. The van der Waals surface area contributed by atoms with E-state index < -0.39 is 5.41 Å². The first kappa shape index (κ1) is 21.4. The number of hydrogen-bond donors (Lipinski definition) is 2. The van der Waals surface area contributed by atoms with Crippen LogP contribution in [-0.2, 0) is 4.79 Å². The van der Waals surface area contributed by atoms with E-state index in [9.17, 15) is 9.59 Å². The maximum absolute atomic E-state index is 12.9. The van der Waals surface area contributed by atoms with Gasteiger partial charge in [-0.1, -0.05) is 32.9 Å². The summed E-state index contributed by atoms with van der Waals surface area (Å²) in [6, 6.07) is 16.9. The molecule has 0 spiro atoms. The highest BCUT2D eigenvalue weighted by molar-refractivity contribution is 6.04. The molecule has 156 valence electrons. The summed E-state index contributed by atoms with van der Waals surface area (Å²) in [4.78, 5) is 27.5. The van der Waals surface area contributed by atoms with E-state index in [2.05, 4.69) is 21.6 Å². The number of carbonyl (C=O) groups excluding carboxylic acids is 2. The van der Waals surface area contributed by atoms with E-state index in [0.29, 0.717) is 16.8 Å². The van der Waals surface area contributed by atoms with Crippen molar-refractivity contribution >= 4 is 23.2 Å². The standard InChI is InChI=1S/C24H28N4O2/c1-24(2,3)23(30)27-21-7-5-4-6-20(21)22(29)26-18-12-14-28(15-13-18)19-10-8-17(16-25)9-11-19/h4-11,18H,12-15H2,1-3H3,(H,26,29)(H,27,30). The monoisotopic (exact) mass is 404 g/mol. The summed E-state index contributed by atoms with van der Waals surface area (Å²) in [5.74, 6) is -0.296. The van der Waals surface area contributed by atoms with Gasteiger partial charge in [0.05, 0.1) is 22.9 Å². The second-order valence-corrected chi connectivity index (χ2v) is 8.64. The number of rotatable bonds is 4. The molecule has 2 amide bonds. The third-order valence-electron chi connectivity index (χ3n) is 5.29. The molecular formula is C24H28N4O2. The molecule has 3 rings (SSSR count). The quantitative estimate of drug-likeness (QED) is 0.808. The minimum atomic E-state index is -0.540. The molecule has 6 nitrogen and oxygen atoms in total. The lowest BCUT2D eigenvalue weighted by molar-refractivity contribution is -0.123. The van der Waals surface area contributed by atoms with E-state index in [-0.39, 0.29) is 17.9 Å². The number of benzene rings is 2. The minimum absolute atomic E-state index is 0.0819. The number of anilines is 2. The minimum Gasteiger partial charge on any atom is -0.371 e. The van der Waals surface area contributed by atoms with Crippen molar-refractivity contribution in [3.05, 3.63) is 59.7 Å². The first-order valence-corrected chi connectivity index (χ1v) is 10.2. The first-order chi connectivity index (χ1) is 14.3. The fraction of sp³-hybridized carbons (Fsp3) is 0.375. The van der Waals surface area contributed by atoms with Gasteiger partial charge in [-0.2, -0.15) is 5.26 Å². The van der Waals surface area contributed by atoms with Gasteiger partial charge in [-0.3, -0.25) is 9.59 Å². The Labute approximate surface area is 177 Å². The molecule has 1 saturated heterocycles. The number of hydrogen-bond acceptors (Lipinski definition) is 4. The zero-order valence-corrected chi connectivity index (χ0v) is 17.7. The number of carbonyl (C=O) groups is 2. The second-order valence-electron chi connectivity index (χ2n) is 8.64. The van der Waals surface area contributed by atoms with Crippen molar-refractivity contribution in [2.24, 2.45) is 5.41 Å². The van der Waals surface area contributed by atoms with Crippen molar-refractivity contribution in [1.29, 1.82) is 5.26 Å². The summed E-state index contributed by atoms with van der Waals surface area (Å²) in [5.41, 5.74) is 2.21. The van der Waals surface area contributed by atoms with Gasteiger partial charge >= 0.3 is 0 Å². The van der Waals surface area contributed by atoms with Crippen LogP contribution in [-0.4, -0.2) is 30.9 Å². The summed E-state index contributed by atoms with van der Waals surface area (Å²) in [5, 5.41) is 14.9. The molecule has 0 unspecified atom stereocenters.